The van der Waals surface area contributed by atoms with Crippen molar-refractivity contribution in [3.63, 3.8) is 0 Å². The maximum absolute atomic E-state index is 12.1. The average Bonchev–Trinajstić information content (AvgIpc) is 2.12. The summed E-state index contributed by atoms with van der Waals surface area (Å²) >= 11 is 0. The SMILES string of the molecule is CCCC(N)CC(=O)N(CC)CC(F)(F)F. The Labute approximate surface area is 93.8 Å². The van der Waals surface area contributed by atoms with Crippen LogP contribution in [0.1, 0.15) is 33.1 Å². The van der Waals surface area contributed by atoms with E-state index < -0.39 is 18.6 Å². The van der Waals surface area contributed by atoms with Crippen LogP contribution in [0, 0.1) is 0 Å². The number of rotatable bonds is 6. The maximum atomic E-state index is 12.1. The molecule has 0 aliphatic heterocycles. The summed E-state index contributed by atoms with van der Waals surface area (Å²) in [4.78, 5) is 12.3. The largest absolute Gasteiger partial charge is 0.406 e. The molecule has 0 fully saturated rings. The van der Waals surface area contributed by atoms with Crippen LogP contribution in [-0.4, -0.2) is 36.1 Å². The predicted molar refractivity (Wildman–Crippen MR) is 55.8 cm³/mol. The summed E-state index contributed by atoms with van der Waals surface area (Å²) in [6, 6.07) is -0.347. The van der Waals surface area contributed by atoms with E-state index >= 15 is 0 Å². The fourth-order valence-electron chi connectivity index (χ4n) is 1.42. The van der Waals surface area contributed by atoms with Crippen LogP contribution in [0.2, 0.25) is 0 Å². The van der Waals surface area contributed by atoms with Crippen LogP contribution in [0.3, 0.4) is 0 Å². The molecule has 0 rings (SSSR count). The van der Waals surface area contributed by atoms with Gasteiger partial charge < -0.3 is 10.6 Å². The summed E-state index contributed by atoms with van der Waals surface area (Å²) in [6.45, 7) is 2.30. The number of carbonyl (C=O) groups is 1. The Hall–Kier alpha value is -0.780. The minimum atomic E-state index is -4.35. The van der Waals surface area contributed by atoms with Crippen LogP contribution in [0.5, 0.6) is 0 Å². The Morgan fingerprint density at radius 2 is 1.94 bits per heavy atom. The highest BCUT2D eigenvalue weighted by molar-refractivity contribution is 5.76. The van der Waals surface area contributed by atoms with Crippen molar-refractivity contribution in [3.8, 4) is 0 Å². The third-order valence-electron chi connectivity index (χ3n) is 2.20. The van der Waals surface area contributed by atoms with Gasteiger partial charge in [0.05, 0.1) is 0 Å². The van der Waals surface area contributed by atoms with Gasteiger partial charge in [0.15, 0.2) is 0 Å². The molecule has 2 N–H and O–H groups in total. The minimum Gasteiger partial charge on any atom is -0.334 e. The van der Waals surface area contributed by atoms with Gasteiger partial charge >= 0.3 is 6.18 Å². The Morgan fingerprint density at radius 1 is 1.38 bits per heavy atom. The molecular weight excluding hydrogens is 221 g/mol. The van der Waals surface area contributed by atoms with Crippen molar-refractivity contribution in [1.82, 2.24) is 4.90 Å². The second kappa shape index (κ2) is 6.73. The first kappa shape index (κ1) is 15.2. The van der Waals surface area contributed by atoms with Crippen molar-refractivity contribution in [2.75, 3.05) is 13.1 Å². The monoisotopic (exact) mass is 240 g/mol. The van der Waals surface area contributed by atoms with Crippen LogP contribution < -0.4 is 5.73 Å². The van der Waals surface area contributed by atoms with Crippen molar-refractivity contribution < 1.29 is 18.0 Å². The van der Waals surface area contributed by atoms with E-state index in [1.54, 1.807) is 0 Å². The van der Waals surface area contributed by atoms with Gasteiger partial charge in [-0.1, -0.05) is 13.3 Å². The van der Waals surface area contributed by atoms with Crippen molar-refractivity contribution in [3.05, 3.63) is 0 Å². The minimum absolute atomic E-state index is 0.0161. The fraction of sp³-hybridized carbons (Fsp3) is 0.900. The first-order valence-electron chi connectivity index (χ1n) is 5.40. The number of alkyl halides is 3. The van der Waals surface area contributed by atoms with E-state index in [9.17, 15) is 18.0 Å². The van der Waals surface area contributed by atoms with E-state index in [0.29, 0.717) is 6.42 Å². The standard InChI is InChI=1S/C10H19F3N2O/c1-3-5-8(14)6-9(16)15(4-2)7-10(11,12)13/h8H,3-7,14H2,1-2H3. The van der Waals surface area contributed by atoms with E-state index in [-0.39, 0.29) is 19.0 Å². The first-order chi connectivity index (χ1) is 7.30. The summed E-state index contributed by atoms with van der Waals surface area (Å²) in [5.41, 5.74) is 5.61. The first-order valence-corrected chi connectivity index (χ1v) is 5.40. The lowest BCUT2D eigenvalue weighted by molar-refractivity contribution is -0.161. The number of nitrogens with two attached hydrogens (primary N) is 1. The number of halogens is 3. The lowest BCUT2D eigenvalue weighted by Gasteiger charge is -2.23. The molecule has 0 saturated carbocycles. The molecule has 0 aromatic rings. The second-order valence-electron chi connectivity index (χ2n) is 3.78. The van der Waals surface area contributed by atoms with E-state index in [1.165, 1.54) is 6.92 Å². The molecule has 1 atom stereocenters. The number of hydrogen-bond donors (Lipinski definition) is 1. The Morgan fingerprint density at radius 3 is 2.31 bits per heavy atom. The van der Waals surface area contributed by atoms with Crippen molar-refractivity contribution >= 4 is 5.91 Å². The molecule has 3 nitrogen and oxygen atoms in total. The molecule has 0 radical (unpaired) electrons. The molecular formula is C10H19F3N2O. The van der Waals surface area contributed by atoms with Gasteiger partial charge in [-0.3, -0.25) is 4.79 Å². The Balaban J connectivity index is 4.21. The zero-order valence-corrected chi connectivity index (χ0v) is 9.68. The van der Waals surface area contributed by atoms with Gasteiger partial charge in [-0.25, -0.2) is 0 Å². The summed E-state index contributed by atoms with van der Waals surface area (Å²) < 4.78 is 36.3. The van der Waals surface area contributed by atoms with E-state index in [1.807, 2.05) is 6.92 Å². The van der Waals surface area contributed by atoms with Gasteiger partial charge in [0.1, 0.15) is 6.54 Å². The summed E-state index contributed by atoms with van der Waals surface area (Å²) in [5, 5.41) is 0. The van der Waals surface area contributed by atoms with Crippen molar-refractivity contribution in [2.45, 2.75) is 45.3 Å². The molecule has 0 aromatic heterocycles. The third kappa shape index (κ3) is 6.66. The lowest BCUT2D eigenvalue weighted by Crippen LogP contribution is -2.41. The smallest absolute Gasteiger partial charge is 0.334 e. The number of carbonyl (C=O) groups excluding carboxylic acids is 1. The Kier molecular flexibility index (Phi) is 6.40. The van der Waals surface area contributed by atoms with Crippen LogP contribution in [-0.2, 0) is 4.79 Å². The highest BCUT2D eigenvalue weighted by Crippen LogP contribution is 2.17. The molecule has 0 heterocycles. The van der Waals surface area contributed by atoms with Gasteiger partial charge in [0.25, 0.3) is 0 Å². The predicted octanol–water partition coefficient (Wildman–Crippen LogP) is 1.91. The van der Waals surface area contributed by atoms with Gasteiger partial charge in [-0.15, -0.1) is 0 Å². The highest BCUT2D eigenvalue weighted by atomic mass is 19.4. The molecule has 16 heavy (non-hydrogen) atoms. The molecule has 0 saturated heterocycles. The summed E-state index contributed by atoms with van der Waals surface area (Å²) in [5.74, 6) is -0.527. The number of hydrogen-bond acceptors (Lipinski definition) is 2. The second-order valence-corrected chi connectivity index (χ2v) is 3.78. The summed E-state index contributed by atoms with van der Waals surface area (Å²) in [7, 11) is 0. The van der Waals surface area contributed by atoms with Gasteiger partial charge in [0, 0.05) is 19.0 Å². The van der Waals surface area contributed by atoms with Crippen LogP contribution in [0.15, 0.2) is 0 Å². The zero-order chi connectivity index (χ0) is 12.8. The molecule has 0 bridgehead atoms. The maximum Gasteiger partial charge on any atom is 0.406 e. The van der Waals surface area contributed by atoms with Gasteiger partial charge in [-0.2, -0.15) is 13.2 Å². The van der Waals surface area contributed by atoms with E-state index in [2.05, 4.69) is 0 Å². The number of amides is 1. The molecule has 1 unspecified atom stereocenters. The van der Waals surface area contributed by atoms with Crippen molar-refractivity contribution in [1.29, 1.82) is 0 Å². The quantitative estimate of drug-likeness (QED) is 0.771. The highest BCUT2D eigenvalue weighted by Gasteiger charge is 2.32. The molecule has 0 aliphatic carbocycles. The molecule has 6 heteroatoms. The van der Waals surface area contributed by atoms with Crippen LogP contribution >= 0.6 is 0 Å². The van der Waals surface area contributed by atoms with Gasteiger partial charge in [-0.05, 0) is 13.3 Å². The van der Waals surface area contributed by atoms with Crippen molar-refractivity contribution in [2.24, 2.45) is 5.73 Å². The van der Waals surface area contributed by atoms with Gasteiger partial charge in [0.2, 0.25) is 5.91 Å². The van der Waals surface area contributed by atoms with Crippen LogP contribution in [0.4, 0.5) is 13.2 Å². The third-order valence-corrected chi connectivity index (χ3v) is 2.20. The molecule has 0 aromatic carbocycles. The molecule has 1 amide bonds. The topological polar surface area (TPSA) is 46.3 Å². The summed E-state index contributed by atoms with van der Waals surface area (Å²) in [6.07, 6.45) is -2.90. The fourth-order valence-corrected chi connectivity index (χ4v) is 1.42. The Bertz CT molecular complexity index is 219. The average molecular weight is 240 g/mol. The van der Waals surface area contributed by atoms with E-state index in [4.69, 9.17) is 5.73 Å². The zero-order valence-electron chi connectivity index (χ0n) is 9.68. The van der Waals surface area contributed by atoms with Crippen LogP contribution in [0.25, 0.3) is 0 Å². The van der Waals surface area contributed by atoms with E-state index in [0.717, 1.165) is 11.3 Å². The molecule has 0 spiro atoms. The normalized spacial score (nSPS) is 13.6. The number of nitrogens with zero attached hydrogens (tertiary/aromatic N) is 1. The molecule has 96 valence electrons. The molecule has 0 aliphatic rings. The lowest BCUT2D eigenvalue weighted by atomic mass is 10.1.